The quantitative estimate of drug-likeness (QED) is 0.624. The zero-order valence-electron chi connectivity index (χ0n) is 7.19. The van der Waals surface area contributed by atoms with E-state index in [1.165, 1.54) is 6.07 Å². The van der Waals surface area contributed by atoms with Gasteiger partial charge < -0.3 is 0 Å². The lowest BCUT2D eigenvalue weighted by atomic mass is 10.0. The zero-order valence-corrected chi connectivity index (χ0v) is 7.19. The maximum atomic E-state index is 13.0. The van der Waals surface area contributed by atoms with Crippen molar-refractivity contribution in [2.24, 2.45) is 0 Å². The van der Waals surface area contributed by atoms with E-state index in [4.69, 9.17) is 5.26 Å². The highest BCUT2D eigenvalue weighted by molar-refractivity contribution is 5.36. The lowest BCUT2D eigenvalue weighted by molar-refractivity contribution is 0.615. The number of hydrogen-bond donors (Lipinski definition) is 0. The van der Waals surface area contributed by atoms with Crippen molar-refractivity contribution < 1.29 is 4.39 Å². The summed E-state index contributed by atoms with van der Waals surface area (Å²) in [6.45, 7) is 3.59. The van der Waals surface area contributed by atoms with Gasteiger partial charge in [0.15, 0.2) is 0 Å². The molecule has 0 spiro atoms. The molecule has 0 aliphatic heterocycles. The smallest absolute Gasteiger partial charge is 0.126 e. The van der Waals surface area contributed by atoms with Crippen LogP contribution in [-0.4, -0.2) is 0 Å². The lowest BCUT2D eigenvalue weighted by Crippen LogP contribution is -1.95. The third-order valence-corrected chi connectivity index (χ3v) is 2.02. The van der Waals surface area contributed by atoms with Gasteiger partial charge in [-0.3, -0.25) is 0 Å². The molecule has 0 saturated carbocycles. The van der Waals surface area contributed by atoms with Crippen molar-refractivity contribution in [3.05, 3.63) is 34.6 Å². The van der Waals surface area contributed by atoms with Gasteiger partial charge in [-0.1, -0.05) is 6.07 Å². The normalized spacial score (nSPS) is 9.50. The number of nitriles is 1. The van der Waals surface area contributed by atoms with Crippen molar-refractivity contribution in [2.45, 2.75) is 20.3 Å². The van der Waals surface area contributed by atoms with Crippen LogP contribution in [0.4, 0.5) is 4.39 Å². The molecule has 0 N–H and O–H groups in total. The van der Waals surface area contributed by atoms with Gasteiger partial charge in [0.2, 0.25) is 0 Å². The van der Waals surface area contributed by atoms with Gasteiger partial charge in [-0.25, -0.2) is 4.39 Å². The van der Waals surface area contributed by atoms with E-state index in [0.717, 1.165) is 11.1 Å². The zero-order chi connectivity index (χ0) is 9.14. The summed E-state index contributed by atoms with van der Waals surface area (Å²) in [5, 5.41) is 8.49. The van der Waals surface area contributed by atoms with E-state index in [0.29, 0.717) is 5.56 Å². The highest BCUT2D eigenvalue weighted by Gasteiger charge is 2.05. The third kappa shape index (κ3) is 1.45. The van der Waals surface area contributed by atoms with Crippen LogP contribution in [0.5, 0.6) is 0 Å². The standard InChI is InChI=1S/C10H10FN/c1-7-3-4-10(11)8(2)9(7)5-6-12/h3-4H,5H2,1-2H3. The van der Waals surface area contributed by atoms with Crippen molar-refractivity contribution in [1.82, 2.24) is 0 Å². The topological polar surface area (TPSA) is 23.8 Å². The number of nitrogens with zero attached hydrogens (tertiary/aromatic N) is 1. The van der Waals surface area contributed by atoms with Crippen LogP contribution < -0.4 is 0 Å². The molecule has 0 aromatic heterocycles. The first-order chi connectivity index (χ1) is 5.66. The molecule has 12 heavy (non-hydrogen) atoms. The summed E-state index contributed by atoms with van der Waals surface area (Å²) in [6, 6.07) is 5.17. The van der Waals surface area contributed by atoms with Crippen LogP contribution in [0.1, 0.15) is 16.7 Å². The summed E-state index contributed by atoms with van der Waals surface area (Å²) < 4.78 is 13.0. The molecule has 1 rings (SSSR count). The van der Waals surface area contributed by atoms with Crippen molar-refractivity contribution in [3.8, 4) is 6.07 Å². The fourth-order valence-electron chi connectivity index (χ4n) is 1.21. The monoisotopic (exact) mass is 163 g/mol. The maximum absolute atomic E-state index is 13.0. The third-order valence-electron chi connectivity index (χ3n) is 2.02. The van der Waals surface area contributed by atoms with E-state index in [1.54, 1.807) is 13.0 Å². The Morgan fingerprint density at radius 2 is 2.08 bits per heavy atom. The van der Waals surface area contributed by atoms with Crippen molar-refractivity contribution in [3.63, 3.8) is 0 Å². The van der Waals surface area contributed by atoms with Crippen LogP contribution in [0.2, 0.25) is 0 Å². The van der Waals surface area contributed by atoms with Gasteiger partial charge in [-0.15, -0.1) is 0 Å². The number of hydrogen-bond acceptors (Lipinski definition) is 1. The summed E-state index contributed by atoms with van der Waals surface area (Å²) in [7, 11) is 0. The Bertz CT molecular complexity index is 336. The van der Waals surface area contributed by atoms with Gasteiger partial charge in [-0.05, 0) is 36.6 Å². The molecule has 0 aliphatic carbocycles. The van der Waals surface area contributed by atoms with E-state index in [-0.39, 0.29) is 12.2 Å². The second-order valence-corrected chi connectivity index (χ2v) is 2.80. The highest BCUT2D eigenvalue weighted by Crippen LogP contribution is 2.16. The first-order valence-electron chi connectivity index (χ1n) is 3.78. The van der Waals surface area contributed by atoms with Crippen molar-refractivity contribution in [2.75, 3.05) is 0 Å². The first-order valence-corrected chi connectivity index (χ1v) is 3.78. The highest BCUT2D eigenvalue weighted by atomic mass is 19.1. The molecule has 0 aliphatic rings. The molecule has 0 atom stereocenters. The molecule has 0 bridgehead atoms. The second-order valence-electron chi connectivity index (χ2n) is 2.80. The minimum atomic E-state index is -0.231. The van der Waals surface area contributed by atoms with E-state index in [1.807, 2.05) is 13.0 Å². The van der Waals surface area contributed by atoms with Gasteiger partial charge in [0.25, 0.3) is 0 Å². The molecule has 0 unspecified atom stereocenters. The Balaban J connectivity index is 3.25. The fourth-order valence-corrected chi connectivity index (χ4v) is 1.21. The van der Waals surface area contributed by atoms with Crippen LogP contribution in [0.15, 0.2) is 12.1 Å². The summed E-state index contributed by atoms with van der Waals surface area (Å²) in [5.41, 5.74) is 2.39. The lowest BCUT2D eigenvalue weighted by Gasteiger charge is -2.05. The molecule has 0 heterocycles. The first kappa shape index (κ1) is 8.73. The second kappa shape index (κ2) is 3.36. The molecule has 0 fully saturated rings. The van der Waals surface area contributed by atoms with Crippen LogP contribution >= 0.6 is 0 Å². The molecule has 0 saturated heterocycles. The van der Waals surface area contributed by atoms with Gasteiger partial charge in [0.1, 0.15) is 5.82 Å². The number of aryl methyl sites for hydroxylation is 1. The predicted octanol–water partition coefficient (Wildman–Crippen LogP) is 2.51. The number of rotatable bonds is 1. The van der Waals surface area contributed by atoms with Gasteiger partial charge in [0.05, 0.1) is 12.5 Å². The Hall–Kier alpha value is -1.36. The molecule has 1 nitrogen and oxygen atoms in total. The van der Waals surface area contributed by atoms with Crippen LogP contribution in [0.25, 0.3) is 0 Å². The minimum Gasteiger partial charge on any atom is -0.207 e. The molecule has 2 heteroatoms. The van der Waals surface area contributed by atoms with Crippen LogP contribution in [0.3, 0.4) is 0 Å². The summed E-state index contributed by atoms with van der Waals surface area (Å²) >= 11 is 0. The van der Waals surface area contributed by atoms with E-state index in [2.05, 4.69) is 0 Å². The van der Waals surface area contributed by atoms with Crippen LogP contribution in [0, 0.1) is 31.0 Å². The summed E-state index contributed by atoms with van der Waals surface area (Å²) in [5.74, 6) is -0.231. The summed E-state index contributed by atoms with van der Waals surface area (Å²) in [6.07, 6.45) is 0.287. The van der Waals surface area contributed by atoms with E-state index < -0.39 is 0 Å². The Labute approximate surface area is 71.4 Å². The Morgan fingerprint density at radius 1 is 1.42 bits per heavy atom. The average molecular weight is 163 g/mol. The Kier molecular flexibility index (Phi) is 2.44. The molecular weight excluding hydrogens is 153 g/mol. The van der Waals surface area contributed by atoms with Crippen molar-refractivity contribution >= 4 is 0 Å². The molecule has 1 aromatic rings. The van der Waals surface area contributed by atoms with Crippen LogP contribution in [-0.2, 0) is 6.42 Å². The molecule has 0 amide bonds. The van der Waals surface area contributed by atoms with Crippen molar-refractivity contribution in [1.29, 1.82) is 5.26 Å². The van der Waals surface area contributed by atoms with E-state index >= 15 is 0 Å². The van der Waals surface area contributed by atoms with Gasteiger partial charge in [0, 0.05) is 0 Å². The largest absolute Gasteiger partial charge is 0.207 e. The minimum absolute atomic E-state index is 0.231. The van der Waals surface area contributed by atoms with Gasteiger partial charge >= 0.3 is 0 Å². The fraction of sp³-hybridized carbons (Fsp3) is 0.300. The molecule has 62 valence electrons. The molecule has 1 aromatic carbocycles. The SMILES string of the molecule is Cc1ccc(F)c(C)c1CC#N. The maximum Gasteiger partial charge on any atom is 0.126 e. The molecular formula is C10H10FN. The van der Waals surface area contributed by atoms with Gasteiger partial charge in [-0.2, -0.15) is 5.26 Å². The molecule has 0 radical (unpaired) electrons. The Morgan fingerprint density at radius 3 is 2.67 bits per heavy atom. The summed E-state index contributed by atoms with van der Waals surface area (Å²) in [4.78, 5) is 0. The number of halogens is 1. The predicted molar refractivity (Wildman–Crippen MR) is 45.2 cm³/mol. The van der Waals surface area contributed by atoms with E-state index in [9.17, 15) is 4.39 Å². The number of benzene rings is 1. The average Bonchev–Trinajstić information content (AvgIpc) is 2.06.